The molecule has 2 rings (SSSR count). The van der Waals surface area contributed by atoms with Gasteiger partial charge in [-0.25, -0.2) is 0 Å². The third-order valence-electron chi connectivity index (χ3n) is 2.62. The van der Waals surface area contributed by atoms with Crippen LogP contribution in [0.1, 0.15) is 17.7 Å². The summed E-state index contributed by atoms with van der Waals surface area (Å²) in [5.41, 5.74) is 1.97. The van der Waals surface area contributed by atoms with Gasteiger partial charge in [0.05, 0.1) is 0 Å². The van der Waals surface area contributed by atoms with Gasteiger partial charge in [-0.2, -0.15) is 0 Å². The zero-order valence-electron chi connectivity index (χ0n) is 8.68. The van der Waals surface area contributed by atoms with E-state index in [9.17, 15) is 9.90 Å². The van der Waals surface area contributed by atoms with Crippen molar-refractivity contribution >= 4 is 5.91 Å². The zero-order chi connectivity index (χ0) is 10.8. The van der Waals surface area contributed by atoms with Crippen LogP contribution in [0.5, 0.6) is 0 Å². The Balaban J connectivity index is 2.03. The third kappa shape index (κ3) is 2.15. The molecule has 4 nitrogen and oxygen atoms in total. The fraction of sp³-hybridized carbons (Fsp3) is 0.455. The molecular weight excluding hydrogens is 192 g/mol. The lowest BCUT2D eigenvalue weighted by Gasteiger charge is -2.15. The van der Waals surface area contributed by atoms with Crippen molar-refractivity contribution in [3.8, 4) is 0 Å². The number of carbonyl (C=O) groups is 1. The molecule has 1 aliphatic heterocycles. The highest BCUT2D eigenvalue weighted by atomic mass is 16.3. The van der Waals surface area contributed by atoms with Crippen molar-refractivity contribution in [1.82, 2.24) is 9.88 Å². The van der Waals surface area contributed by atoms with E-state index in [1.54, 1.807) is 11.1 Å². The number of aliphatic hydroxyl groups is 1. The second-order valence-electron chi connectivity index (χ2n) is 3.87. The third-order valence-corrected chi connectivity index (χ3v) is 2.62. The smallest absolute Gasteiger partial charge is 0.251 e. The monoisotopic (exact) mass is 206 g/mol. The van der Waals surface area contributed by atoms with Gasteiger partial charge in [0.25, 0.3) is 5.91 Å². The number of amides is 1. The molecule has 15 heavy (non-hydrogen) atoms. The van der Waals surface area contributed by atoms with Crippen molar-refractivity contribution < 1.29 is 9.90 Å². The molecule has 0 radical (unpaired) electrons. The Morgan fingerprint density at radius 3 is 2.93 bits per heavy atom. The fourth-order valence-electron chi connectivity index (χ4n) is 1.69. The molecule has 0 spiro atoms. The summed E-state index contributed by atoms with van der Waals surface area (Å²) >= 11 is 0. The van der Waals surface area contributed by atoms with Gasteiger partial charge in [-0.3, -0.25) is 9.78 Å². The van der Waals surface area contributed by atoms with Gasteiger partial charge in [-0.1, -0.05) is 6.07 Å². The normalized spacial score (nSPS) is 21.1. The summed E-state index contributed by atoms with van der Waals surface area (Å²) in [6.07, 6.45) is 1.51. The second kappa shape index (κ2) is 3.98. The van der Waals surface area contributed by atoms with Crippen molar-refractivity contribution in [3.63, 3.8) is 0 Å². The van der Waals surface area contributed by atoms with E-state index in [2.05, 4.69) is 4.98 Å². The van der Waals surface area contributed by atoms with E-state index in [0.29, 0.717) is 19.5 Å². The van der Waals surface area contributed by atoms with E-state index in [0.717, 1.165) is 11.3 Å². The number of carbonyl (C=O) groups excluding carboxylic acids is 1. The van der Waals surface area contributed by atoms with Gasteiger partial charge in [0.1, 0.15) is 6.10 Å². The van der Waals surface area contributed by atoms with Gasteiger partial charge in [-0.15, -0.1) is 0 Å². The molecule has 1 N–H and O–H groups in total. The molecular formula is C11H14N2O2. The van der Waals surface area contributed by atoms with Crippen LogP contribution < -0.4 is 0 Å². The first-order valence-corrected chi connectivity index (χ1v) is 5.05. The van der Waals surface area contributed by atoms with Gasteiger partial charge in [-0.05, 0) is 25.0 Å². The van der Waals surface area contributed by atoms with Crippen molar-refractivity contribution in [2.75, 3.05) is 6.54 Å². The highest BCUT2D eigenvalue weighted by Crippen LogP contribution is 2.14. The molecule has 0 aromatic carbocycles. The van der Waals surface area contributed by atoms with E-state index in [1.807, 2.05) is 19.1 Å². The van der Waals surface area contributed by atoms with Gasteiger partial charge in [0, 0.05) is 25.0 Å². The van der Waals surface area contributed by atoms with Crippen LogP contribution in [0.4, 0.5) is 0 Å². The standard InChI is InChI=1S/C11H14N2O2/c1-8-2-3-9(6-12-8)7-13-5-4-10(14)11(13)15/h2-3,6,10,14H,4-5,7H2,1H3/t10-/m0/s1. The van der Waals surface area contributed by atoms with Crippen molar-refractivity contribution in [1.29, 1.82) is 0 Å². The van der Waals surface area contributed by atoms with Crippen molar-refractivity contribution in [3.05, 3.63) is 29.6 Å². The van der Waals surface area contributed by atoms with E-state index < -0.39 is 6.10 Å². The molecule has 2 heterocycles. The first-order valence-electron chi connectivity index (χ1n) is 5.05. The predicted molar refractivity (Wildman–Crippen MR) is 55.0 cm³/mol. The highest BCUT2D eigenvalue weighted by molar-refractivity contribution is 5.82. The molecule has 1 aliphatic rings. The van der Waals surface area contributed by atoms with Crippen LogP contribution in [0.2, 0.25) is 0 Å². The number of hydrogen-bond donors (Lipinski definition) is 1. The average molecular weight is 206 g/mol. The zero-order valence-corrected chi connectivity index (χ0v) is 8.68. The number of rotatable bonds is 2. The summed E-state index contributed by atoms with van der Waals surface area (Å²) in [5, 5.41) is 9.28. The van der Waals surface area contributed by atoms with Gasteiger partial charge in [0.2, 0.25) is 0 Å². The Labute approximate surface area is 88.6 Å². The van der Waals surface area contributed by atoms with Crippen LogP contribution in [-0.2, 0) is 11.3 Å². The molecule has 0 unspecified atom stereocenters. The van der Waals surface area contributed by atoms with Crippen LogP contribution in [0, 0.1) is 6.92 Å². The SMILES string of the molecule is Cc1ccc(CN2CC[C@H](O)C2=O)cn1. The first-order chi connectivity index (χ1) is 7.16. The van der Waals surface area contributed by atoms with Crippen LogP contribution in [0.25, 0.3) is 0 Å². The minimum absolute atomic E-state index is 0.171. The summed E-state index contributed by atoms with van der Waals surface area (Å²) in [5.74, 6) is -0.171. The van der Waals surface area contributed by atoms with Crippen molar-refractivity contribution in [2.24, 2.45) is 0 Å². The Morgan fingerprint density at radius 2 is 2.40 bits per heavy atom. The summed E-state index contributed by atoms with van der Waals surface area (Å²) in [6, 6.07) is 3.88. The van der Waals surface area contributed by atoms with Crippen LogP contribution >= 0.6 is 0 Å². The molecule has 0 saturated carbocycles. The number of pyridine rings is 1. The summed E-state index contributed by atoms with van der Waals surface area (Å²) < 4.78 is 0. The van der Waals surface area contributed by atoms with Crippen LogP contribution in [0.15, 0.2) is 18.3 Å². The fourth-order valence-corrected chi connectivity index (χ4v) is 1.69. The Kier molecular flexibility index (Phi) is 2.68. The molecule has 1 fully saturated rings. The number of hydrogen-bond acceptors (Lipinski definition) is 3. The Bertz CT molecular complexity index is 361. The molecule has 1 aromatic heterocycles. The van der Waals surface area contributed by atoms with Crippen molar-refractivity contribution in [2.45, 2.75) is 26.0 Å². The number of aliphatic hydroxyl groups excluding tert-OH is 1. The second-order valence-corrected chi connectivity index (χ2v) is 3.87. The maximum absolute atomic E-state index is 11.4. The van der Waals surface area contributed by atoms with Crippen LogP contribution in [0.3, 0.4) is 0 Å². The number of nitrogens with zero attached hydrogens (tertiary/aromatic N) is 2. The number of aromatic nitrogens is 1. The topological polar surface area (TPSA) is 53.4 Å². The highest BCUT2D eigenvalue weighted by Gasteiger charge is 2.29. The molecule has 1 amide bonds. The Hall–Kier alpha value is -1.42. The van der Waals surface area contributed by atoms with Gasteiger partial charge < -0.3 is 10.0 Å². The lowest BCUT2D eigenvalue weighted by molar-refractivity contribution is -0.134. The first kappa shape index (κ1) is 10.1. The lowest BCUT2D eigenvalue weighted by Crippen LogP contribution is -2.28. The predicted octanol–water partition coefficient (Wildman–Crippen LogP) is 0.483. The largest absolute Gasteiger partial charge is 0.383 e. The van der Waals surface area contributed by atoms with E-state index >= 15 is 0 Å². The summed E-state index contributed by atoms with van der Waals surface area (Å²) in [7, 11) is 0. The molecule has 0 bridgehead atoms. The molecule has 1 aromatic rings. The maximum atomic E-state index is 11.4. The van der Waals surface area contributed by atoms with E-state index in [1.165, 1.54) is 0 Å². The lowest BCUT2D eigenvalue weighted by atomic mass is 10.2. The summed E-state index contributed by atoms with van der Waals surface area (Å²) in [4.78, 5) is 17.3. The Morgan fingerprint density at radius 1 is 1.60 bits per heavy atom. The number of likely N-dealkylation sites (tertiary alicyclic amines) is 1. The molecule has 4 heteroatoms. The quantitative estimate of drug-likeness (QED) is 0.766. The molecule has 0 aliphatic carbocycles. The van der Waals surface area contributed by atoms with Gasteiger partial charge >= 0.3 is 0 Å². The van der Waals surface area contributed by atoms with Crippen LogP contribution in [-0.4, -0.2) is 33.5 Å². The van der Waals surface area contributed by atoms with E-state index in [-0.39, 0.29) is 5.91 Å². The molecule has 1 atom stereocenters. The minimum Gasteiger partial charge on any atom is -0.383 e. The van der Waals surface area contributed by atoms with E-state index in [4.69, 9.17) is 0 Å². The summed E-state index contributed by atoms with van der Waals surface area (Å²) in [6.45, 7) is 3.10. The average Bonchev–Trinajstić information content (AvgIpc) is 2.53. The number of aryl methyl sites for hydroxylation is 1. The molecule has 1 saturated heterocycles. The minimum atomic E-state index is -0.802. The molecule has 80 valence electrons. The van der Waals surface area contributed by atoms with Gasteiger partial charge in [0.15, 0.2) is 0 Å². The maximum Gasteiger partial charge on any atom is 0.251 e.